The molecule has 0 amide bonds. The van der Waals surface area contributed by atoms with Gasteiger partial charge in [0.1, 0.15) is 17.2 Å². The quantitative estimate of drug-likeness (QED) is 0.0383. The van der Waals surface area contributed by atoms with E-state index in [1.165, 1.54) is 12.1 Å². The number of benzene rings is 7. The van der Waals surface area contributed by atoms with Crippen LogP contribution in [0.1, 0.15) is 53.9 Å². The van der Waals surface area contributed by atoms with Gasteiger partial charge in [0.05, 0.1) is 12.7 Å². The van der Waals surface area contributed by atoms with E-state index in [1.807, 2.05) is 139 Å². The van der Waals surface area contributed by atoms with Crippen molar-refractivity contribution >= 4 is 64.5 Å². The molecule has 7 aromatic carbocycles. The van der Waals surface area contributed by atoms with Crippen molar-refractivity contribution in [2.24, 2.45) is 11.3 Å². The molecule has 0 heterocycles. The first-order valence-corrected chi connectivity index (χ1v) is 27.3. The van der Waals surface area contributed by atoms with Crippen LogP contribution >= 0.6 is 20.7 Å². The minimum Gasteiger partial charge on any atom is -0.494 e. The summed E-state index contributed by atoms with van der Waals surface area (Å²) in [6.45, 7) is 9.51. The van der Waals surface area contributed by atoms with Crippen LogP contribution in [0.4, 0.5) is 50.4 Å². The summed E-state index contributed by atoms with van der Waals surface area (Å²) in [5.41, 5.74) is 5.87. The van der Waals surface area contributed by atoms with Gasteiger partial charge in [-0.15, -0.1) is 0 Å². The Hall–Kier alpha value is -6.51. The fourth-order valence-corrected chi connectivity index (χ4v) is 10.5. The Morgan fingerprint density at radius 1 is 0.616 bits per heavy atom. The van der Waals surface area contributed by atoms with Crippen LogP contribution in [0.25, 0.3) is 21.9 Å². The lowest BCUT2D eigenvalue weighted by Crippen LogP contribution is -2.47. The van der Waals surface area contributed by atoms with Crippen LogP contribution in [-0.4, -0.2) is 39.7 Å². The first-order valence-electron chi connectivity index (χ1n) is 24.5. The maximum Gasteiger partial charge on any atom is 0.456 e. The molecule has 0 bridgehead atoms. The van der Waals surface area contributed by atoms with Crippen molar-refractivity contribution in [2.45, 2.75) is 82.5 Å². The van der Waals surface area contributed by atoms with E-state index in [9.17, 15) is 0 Å². The summed E-state index contributed by atoms with van der Waals surface area (Å²) in [7, 11) is 0. The van der Waals surface area contributed by atoms with Gasteiger partial charge >= 0.3 is 12.5 Å². The summed E-state index contributed by atoms with van der Waals surface area (Å²) in [5.74, 6) is -2.75. The number of alkyl halides is 6. The average molecular weight is 1110 g/mol. The number of anilines is 5. The van der Waals surface area contributed by atoms with Crippen molar-refractivity contribution < 1.29 is 40.9 Å². The normalized spacial score (nSPS) is 15.8. The standard InChI is InChI=1S/C61H60F5IN2O4/c1-7-38-70-54-33-24-45-25-34-55(41-46(45)40-54)73-61(65,66)57(62)72-56-37-32-52(39-42(56)4)69(48-18-14-11-15-19-48)50-28-22-44(23-29-50)43-20-26-49(27-21-43)68(47-16-12-10-13-17-47)51-30-35-53(36-31-51)71-58(67-6)60(63,64)59(5,8-2)9-3/h10-37,39-42,56-58H,6-9,38H2,1-5H3. The predicted octanol–water partition coefficient (Wildman–Crippen LogP) is 17.9. The van der Waals surface area contributed by atoms with Crippen LogP contribution in [0, 0.1) is 11.3 Å². The molecular weight excluding hydrogens is 1050 g/mol. The molecule has 0 N–H and O–H groups in total. The summed E-state index contributed by atoms with van der Waals surface area (Å²) in [4.78, 5) is 4.15. The molecule has 6 nitrogen and oxygen atoms in total. The van der Waals surface area contributed by atoms with E-state index in [0.717, 1.165) is 57.1 Å². The molecule has 4 atom stereocenters. The molecule has 0 saturated heterocycles. The van der Waals surface area contributed by atoms with Crippen LogP contribution in [0.15, 0.2) is 194 Å². The molecule has 0 aliphatic heterocycles. The Morgan fingerprint density at radius 2 is 1.11 bits per heavy atom. The van der Waals surface area contributed by atoms with Gasteiger partial charge in [-0.1, -0.05) is 145 Å². The van der Waals surface area contributed by atoms with Gasteiger partial charge in [-0.05, 0) is 144 Å². The molecule has 380 valence electrons. The number of hydrogen-bond acceptors (Lipinski definition) is 6. The highest BCUT2D eigenvalue weighted by atomic mass is 127. The smallest absolute Gasteiger partial charge is 0.456 e. The molecule has 0 saturated carbocycles. The SMILES string of the molecule is C=IC(Oc1ccc(N(c2ccccc2)c2ccc(-c3ccc(N(C4=CC(C)C(OC(F)C(F)(F)Oc5ccc6ccc(OCCC)cc6c5)C=C4)c4ccccc4)cc3)cc2)cc1)C(F)(F)C(C)(CC)CC. The first kappa shape index (κ1) is 52.8. The molecule has 8 rings (SSSR count). The van der Waals surface area contributed by atoms with Crippen LogP contribution in [0.2, 0.25) is 0 Å². The number of nitrogens with zero attached hydrogens (tertiary/aromatic N) is 2. The number of halogens is 6. The average Bonchev–Trinajstić information content (AvgIpc) is 3.41. The van der Waals surface area contributed by atoms with E-state index in [0.29, 0.717) is 36.3 Å². The third-order valence-corrected chi connectivity index (χ3v) is 15.3. The van der Waals surface area contributed by atoms with Gasteiger partial charge in [0.2, 0.25) is 4.11 Å². The van der Waals surface area contributed by atoms with E-state index >= 15 is 22.0 Å². The Morgan fingerprint density at radius 3 is 1.64 bits per heavy atom. The molecule has 73 heavy (non-hydrogen) atoms. The van der Waals surface area contributed by atoms with Crippen LogP contribution in [-0.2, 0) is 4.74 Å². The van der Waals surface area contributed by atoms with E-state index in [2.05, 4.69) is 21.5 Å². The largest absolute Gasteiger partial charge is 0.494 e. The van der Waals surface area contributed by atoms with E-state index in [4.69, 9.17) is 18.9 Å². The Labute approximate surface area is 435 Å². The van der Waals surface area contributed by atoms with Crippen molar-refractivity contribution in [3.05, 3.63) is 194 Å². The van der Waals surface area contributed by atoms with Gasteiger partial charge in [-0.2, -0.15) is 8.78 Å². The van der Waals surface area contributed by atoms with Gasteiger partial charge in [0.25, 0.3) is 5.92 Å². The second kappa shape index (κ2) is 23.1. The number of para-hydroxylation sites is 2. The lowest BCUT2D eigenvalue weighted by atomic mass is 9.78. The second-order valence-corrected chi connectivity index (χ2v) is 20.3. The summed E-state index contributed by atoms with van der Waals surface area (Å²) in [6, 6.07) is 53.0. The highest BCUT2D eigenvalue weighted by molar-refractivity contribution is 14.2. The number of hydrogen-bond donors (Lipinski definition) is 0. The Bertz CT molecular complexity index is 2990. The summed E-state index contributed by atoms with van der Waals surface area (Å²) in [6.07, 6.45) is -1.62. The Kier molecular flexibility index (Phi) is 16.7. The molecule has 0 fully saturated rings. The van der Waals surface area contributed by atoms with Crippen molar-refractivity contribution in [2.75, 3.05) is 16.4 Å². The molecule has 4 unspecified atom stereocenters. The summed E-state index contributed by atoms with van der Waals surface area (Å²) in [5, 5.41) is 1.41. The molecule has 0 spiro atoms. The summed E-state index contributed by atoms with van der Waals surface area (Å²) < 4.78 is 102. The van der Waals surface area contributed by atoms with Gasteiger partial charge in [-0.25, -0.2) is 13.2 Å². The van der Waals surface area contributed by atoms with Gasteiger partial charge in [0, 0.05) is 45.5 Å². The van der Waals surface area contributed by atoms with Crippen LogP contribution in [0.3, 0.4) is 0 Å². The molecule has 1 aliphatic rings. The third-order valence-electron chi connectivity index (χ3n) is 13.5. The maximum absolute atomic E-state index is 15.8. The van der Waals surface area contributed by atoms with Crippen molar-refractivity contribution in [1.82, 2.24) is 0 Å². The van der Waals surface area contributed by atoms with Crippen molar-refractivity contribution in [3.63, 3.8) is 0 Å². The zero-order valence-electron chi connectivity index (χ0n) is 41.5. The molecule has 7 aromatic rings. The second-order valence-electron chi connectivity index (χ2n) is 18.3. The molecule has 0 aromatic heterocycles. The zero-order chi connectivity index (χ0) is 51.8. The highest BCUT2D eigenvalue weighted by Crippen LogP contribution is 2.49. The maximum atomic E-state index is 15.8. The van der Waals surface area contributed by atoms with Gasteiger partial charge in [-0.3, -0.25) is 0 Å². The Balaban J connectivity index is 0.967. The lowest BCUT2D eigenvalue weighted by Gasteiger charge is -2.39. The van der Waals surface area contributed by atoms with Gasteiger partial charge < -0.3 is 28.7 Å². The number of rotatable bonds is 22. The summed E-state index contributed by atoms with van der Waals surface area (Å²) >= 11 is -1.19. The third kappa shape index (κ3) is 12.0. The van der Waals surface area contributed by atoms with Gasteiger partial charge in [0.15, 0.2) is 0 Å². The fraction of sp³-hybridized carbons (Fsp3) is 0.262. The number of fused-ring (bicyclic) bond motifs is 1. The minimum absolute atomic E-state index is 0.200. The van der Waals surface area contributed by atoms with E-state index < -0.39 is 60.7 Å². The molecule has 12 heteroatoms. The number of ether oxygens (including phenoxy) is 4. The van der Waals surface area contributed by atoms with E-state index in [1.54, 1.807) is 64.1 Å². The van der Waals surface area contributed by atoms with E-state index in [-0.39, 0.29) is 5.75 Å². The van der Waals surface area contributed by atoms with Crippen molar-refractivity contribution in [1.29, 1.82) is 0 Å². The fourth-order valence-electron chi connectivity index (χ4n) is 8.75. The highest BCUT2D eigenvalue weighted by Gasteiger charge is 2.54. The van der Waals surface area contributed by atoms with Crippen LogP contribution in [0.5, 0.6) is 17.2 Å². The number of allylic oxidation sites excluding steroid dienone is 1. The molecule has 0 radical (unpaired) electrons. The predicted molar refractivity (Wildman–Crippen MR) is 296 cm³/mol. The van der Waals surface area contributed by atoms with Crippen molar-refractivity contribution in [3.8, 4) is 28.4 Å². The topological polar surface area (TPSA) is 43.4 Å². The zero-order valence-corrected chi connectivity index (χ0v) is 43.7. The van der Waals surface area contributed by atoms with Crippen LogP contribution < -0.4 is 24.0 Å². The lowest BCUT2D eigenvalue weighted by molar-refractivity contribution is -0.299. The minimum atomic E-state index is -4.28. The monoisotopic (exact) mass is 1110 g/mol. The molecular formula is C61H60F5IN2O4. The first-order chi connectivity index (χ1) is 35.2. The molecule has 1 aliphatic carbocycles.